The van der Waals surface area contributed by atoms with Crippen LogP contribution in [0.5, 0.6) is 0 Å². The first-order chi connectivity index (χ1) is 7.15. The quantitative estimate of drug-likeness (QED) is 0.778. The van der Waals surface area contributed by atoms with Gasteiger partial charge < -0.3 is 5.32 Å². The van der Waals surface area contributed by atoms with Gasteiger partial charge in [-0.25, -0.2) is 0 Å². The molecule has 1 aromatic carbocycles. The standard InChI is InChI=1S/C14H23N/c1-5-6-14(15-4)10-13-8-11(2)7-12(3)9-13/h7-9,14-15H,5-6,10H2,1-4H3. The van der Waals surface area contributed by atoms with Crippen molar-refractivity contribution < 1.29 is 0 Å². The third-order valence-electron chi connectivity index (χ3n) is 2.81. The van der Waals surface area contributed by atoms with Crippen LogP contribution in [0.2, 0.25) is 0 Å². The maximum absolute atomic E-state index is 3.39. The van der Waals surface area contributed by atoms with E-state index in [1.54, 1.807) is 0 Å². The number of aryl methyl sites for hydroxylation is 2. The van der Waals surface area contributed by atoms with E-state index in [9.17, 15) is 0 Å². The summed E-state index contributed by atoms with van der Waals surface area (Å²) in [4.78, 5) is 0. The maximum atomic E-state index is 3.39. The Morgan fingerprint density at radius 1 is 1.13 bits per heavy atom. The summed E-state index contributed by atoms with van der Waals surface area (Å²) in [5.74, 6) is 0. The van der Waals surface area contributed by atoms with Gasteiger partial charge in [-0.05, 0) is 39.3 Å². The molecule has 0 saturated heterocycles. The molecule has 1 rings (SSSR count). The normalized spacial score (nSPS) is 12.8. The van der Waals surface area contributed by atoms with Crippen molar-refractivity contribution in [2.45, 2.75) is 46.1 Å². The Morgan fingerprint density at radius 2 is 1.73 bits per heavy atom. The first kappa shape index (κ1) is 12.3. The second-order valence-corrected chi connectivity index (χ2v) is 4.47. The van der Waals surface area contributed by atoms with Gasteiger partial charge in [0.15, 0.2) is 0 Å². The molecule has 0 heterocycles. The Balaban J connectivity index is 2.69. The molecule has 0 saturated carbocycles. The van der Waals surface area contributed by atoms with Gasteiger partial charge in [0.25, 0.3) is 0 Å². The van der Waals surface area contributed by atoms with Crippen LogP contribution in [0, 0.1) is 13.8 Å². The lowest BCUT2D eigenvalue weighted by molar-refractivity contribution is 0.513. The van der Waals surface area contributed by atoms with Gasteiger partial charge in [0.2, 0.25) is 0 Å². The monoisotopic (exact) mass is 205 g/mol. The van der Waals surface area contributed by atoms with Gasteiger partial charge in [-0.3, -0.25) is 0 Å². The van der Waals surface area contributed by atoms with Crippen LogP contribution in [0.15, 0.2) is 18.2 Å². The second kappa shape index (κ2) is 5.92. The zero-order valence-electron chi connectivity index (χ0n) is 10.4. The van der Waals surface area contributed by atoms with Crippen LogP contribution in [0.1, 0.15) is 36.5 Å². The zero-order valence-corrected chi connectivity index (χ0v) is 10.4. The lowest BCUT2D eigenvalue weighted by Gasteiger charge is -2.15. The number of likely N-dealkylation sites (N-methyl/N-ethyl adjacent to an activating group) is 1. The van der Waals surface area contributed by atoms with E-state index in [1.165, 1.54) is 29.5 Å². The molecule has 0 amide bonds. The summed E-state index contributed by atoms with van der Waals surface area (Å²) in [5.41, 5.74) is 4.20. The van der Waals surface area contributed by atoms with Gasteiger partial charge in [0.1, 0.15) is 0 Å². The molecule has 0 aromatic heterocycles. The molecule has 15 heavy (non-hydrogen) atoms. The van der Waals surface area contributed by atoms with Crippen LogP contribution in [0.4, 0.5) is 0 Å². The Morgan fingerprint density at radius 3 is 2.20 bits per heavy atom. The van der Waals surface area contributed by atoms with Crippen LogP contribution in [-0.4, -0.2) is 13.1 Å². The average Bonchev–Trinajstić information content (AvgIpc) is 2.15. The Labute approximate surface area is 93.9 Å². The van der Waals surface area contributed by atoms with Gasteiger partial charge >= 0.3 is 0 Å². The highest BCUT2D eigenvalue weighted by molar-refractivity contribution is 5.29. The van der Waals surface area contributed by atoms with Gasteiger partial charge in [0, 0.05) is 6.04 Å². The van der Waals surface area contributed by atoms with Crippen LogP contribution in [-0.2, 0) is 6.42 Å². The zero-order chi connectivity index (χ0) is 11.3. The van der Waals surface area contributed by atoms with Crippen molar-refractivity contribution in [3.05, 3.63) is 34.9 Å². The Kier molecular flexibility index (Phi) is 4.83. The Bertz CT molecular complexity index is 284. The number of rotatable bonds is 5. The molecule has 84 valence electrons. The number of benzene rings is 1. The van der Waals surface area contributed by atoms with Crippen molar-refractivity contribution in [2.75, 3.05) is 7.05 Å². The smallest absolute Gasteiger partial charge is 0.0104 e. The summed E-state index contributed by atoms with van der Waals surface area (Å²) >= 11 is 0. The first-order valence-electron chi connectivity index (χ1n) is 5.90. The van der Waals surface area contributed by atoms with E-state index in [2.05, 4.69) is 51.3 Å². The van der Waals surface area contributed by atoms with Gasteiger partial charge in [0.05, 0.1) is 0 Å². The third kappa shape index (κ3) is 4.05. The summed E-state index contributed by atoms with van der Waals surface area (Å²) in [6, 6.07) is 7.45. The molecule has 1 unspecified atom stereocenters. The number of hydrogen-bond donors (Lipinski definition) is 1. The van der Waals surface area contributed by atoms with E-state index >= 15 is 0 Å². The van der Waals surface area contributed by atoms with E-state index in [0.717, 1.165) is 6.42 Å². The molecular weight excluding hydrogens is 182 g/mol. The van der Waals surface area contributed by atoms with Crippen molar-refractivity contribution in [2.24, 2.45) is 0 Å². The lowest BCUT2D eigenvalue weighted by Crippen LogP contribution is -2.27. The van der Waals surface area contributed by atoms with Crippen LogP contribution < -0.4 is 5.32 Å². The summed E-state index contributed by atoms with van der Waals surface area (Å²) < 4.78 is 0. The lowest BCUT2D eigenvalue weighted by atomic mass is 9.99. The van der Waals surface area contributed by atoms with Gasteiger partial charge in [-0.15, -0.1) is 0 Å². The Hall–Kier alpha value is -0.820. The minimum Gasteiger partial charge on any atom is -0.317 e. The average molecular weight is 205 g/mol. The molecular formula is C14H23N. The fraction of sp³-hybridized carbons (Fsp3) is 0.571. The van der Waals surface area contributed by atoms with Crippen molar-refractivity contribution >= 4 is 0 Å². The molecule has 0 aliphatic heterocycles. The van der Waals surface area contributed by atoms with E-state index in [4.69, 9.17) is 0 Å². The highest BCUT2D eigenvalue weighted by Crippen LogP contribution is 2.12. The highest BCUT2D eigenvalue weighted by Gasteiger charge is 2.06. The molecule has 0 fully saturated rings. The van der Waals surface area contributed by atoms with E-state index in [0.29, 0.717) is 6.04 Å². The molecule has 0 aliphatic carbocycles. The van der Waals surface area contributed by atoms with E-state index < -0.39 is 0 Å². The molecule has 1 nitrogen and oxygen atoms in total. The van der Waals surface area contributed by atoms with Crippen molar-refractivity contribution in [3.63, 3.8) is 0 Å². The minimum absolute atomic E-state index is 0.621. The minimum atomic E-state index is 0.621. The summed E-state index contributed by atoms with van der Waals surface area (Å²) in [6.07, 6.45) is 3.65. The van der Waals surface area contributed by atoms with E-state index in [1.807, 2.05) is 0 Å². The van der Waals surface area contributed by atoms with Crippen molar-refractivity contribution in [1.82, 2.24) is 5.32 Å². The second-order valence-electron chi connectivity index (χ2n) is 4.47. The molecule has 0 aliphatic rings. The first-order valence-corrected chi connectivity index (χ1v) is 5.90. The topological polar surface area (TPSA) is 12.0 Å². The maximum Gasteiger partial charge on any atom is 0.0104 e. The van der Waals surface area contributed by atoms with Gasteiger partial charge in [-0.2, -0.15) is 0 Å². The van der Waals surface area contributed by atoms with Crippen LogP contribution in [0.25, 0.3) is 0 Å². The summed E-state index contributed by atoms with van der Waals surface area (Å²) in [7, 11) is 2.06. The molecule has 1 atom stereocenters. The number of hydrogen-bond acceptors (Lipinski definition) is 1. The predicted molar refractivity (Wildman–Crippen MR) is 67.4 cm³/mol. The third-order valence-corrected chi connectivity index (χ3v) is 2.81. The fourth-order valence-electron chi connectivity index (χ4n) is 2.17. The predicted octanol–water partition coefficient (Wildman–Crippen LogP) is 3.23. The molecule has 0 radical (unpaired) electrons. The molecule has 0 bridgehead atoms. The fourth-order valence-corrected chi connectivity index (χ4v) is 2.17. The van der Waals surface area contributed by atoms with Crippen LogP contribution in [0.3, 0.4) is 0 Å². The van der Waals surface area contributed by atoms with E-state index in [-0.39, 0.29) is 0 Å². The largest absolute Gasteiger partial charge is 0.317 e. The summed E-state index contributed by atoms with van der Waals surface area (Å²) in [6.45, 7) is 6.58. The van der Waals surface area contributed by atoms with Gasteiger partial charge in [-0.1, -0.05) is 42.7 Å². The molecule has 1 N–H and O–H groups in total. The SMILES string of the molecule is CCCC(Cc1cc(C)cc(C)c1)NC. The number of nitrogens with one attached hydrogen (secondary N) is 1. The van der Waals surface area contributed by atoms with Crippen LogP contribution >= 0.6 is 0 Å². The molecule has 0 spiro atoms. The molecule has 1 aromatic rings. The van der Waals surface area contributed by atoms with Crippen molar-refractivity contribution in [3.8, 4) is 0 Å². The molecule has 1 heteroatoms. The summed E-state index contributed by atoms with van der Waals surface area (Å²) in [5, 5.41) is 3.39. The highest BCUT2D eigenvalue weighted by atomic mass is 14.9. The van der Waals surface area contributed by atoms with Crippen molar-refractivity contribution in [1.29, 1.82) is 0 Å².